The van der Waals surface area contributed by atoms with Gasteiger partial charge >= 0.3 is 0 Å². The Hall–Kier alpha value is -0.340. The smallest absolute Gasteiger partial charge is 0.0108 e. The molecule has 1 aromatic heterocycles. The summed E-state index contributed by atoms with van der Waals surface area (Å²) < 4.78 is 0. The van der Waals surface area contributed by atoms with Gasteiger partial charge in [0, 0.05) is 10.9 Å². The quantitative estimate of drug-likeness (QED) is 0.786. The summed E-state index contributed by atoms with van der Waals surface area (Å²) in [5.41, 5.74) is 3.41. The van der Waals surface area contributed by atoms with E-state index in [2.05, 4.69) is 17.7 Å². The molecule has 1 heterocycles. The molecule has 14 heavy (non-hydrogen) atoms. The maximum absolute atomic E-state index is 3.43. The molecular formula is C12H17NS. The van der Waals surface area contributed by atoms with Crippen LogP contribution in [-0.2, 0) is 12.8 Å². The molecule has 0 spiro atoms. The molecule has 1 saturated carbocycles. The Morgan fingerprint density at radius 3 is 2.93 bits per heavy atom. The van der Waals surface area contributed by atoms with Crippen LogP contribution in [0, 0.1) is 0 Å². The lowest BCUT2D eigenvalue weighted by atomic mass is 9.90. The van der Waals surface area contributed by atoms with E-state index in [0.717, 1.165) is 12.0 Å². The highest BCUT2D eigenvalue weighted by Gasteiger charge is 2.30. The van der Waals surface area contributed by atoms with E-state index in [-0.39, 0.29) is 0 Å². The van der Waals surface area contributed by atoms with Crippen molar-refractivity contribution < 1.29 is 0 Å². The van der Waals surface area contributed by atoms with Crippen LogP contribution < -0.4 is 5.32 Å². The van der Waals surface area contributed by atoms with E-state index in [0.29, 0.717) is 0 Å². The minimum Gasteiger partial charge on any atom is -0.317 e. The second kappa shape index (κ2) is 3.35. The maximum atomic E-state index is 3.43. The largest absolute Gasteiger partial charge is 0.317 e. The number of rotatable bonds is 2. The predicted octanol–water partition coefficient (Wildman–Crippen LogP) is 2.70. The lowest BCUT2D eigenvalue weighted by molar-refractivity contribution is 0.498. The topological polar surface area (TPSA) is 12.0 Å². The van der Waals surface area contributed by atoms with E-state index >= 15 is 0 Å². The molecular weight excluding hydrogens is 190 g/mol. The van der Waals surface area contributed by atoms with Gasteiger partial charge in [-0.05, 0) is 61.6 Å². The van der Waals surface area contributed by atoms with Crippen LogP contribution in [0.4, 0.5) is 0 Å². The molecule has 0 radical (unpaired) electrons. The van der Waals surface area contributed by atoms with E-state index < -0.39 is 0 Å². The van der Waals surface area contributed by atoms with Crippen molar-refractivity contribution in [2.45, 2.75) is 44.1 Å². The van der Waals surface area contributed by atoms with E-state index in [4.69, 9.17) is 0 Å². The fourth-order valence-corrected chi connectivity index (χ4v) is 3.70. The Morgan fingerprint density at radius 2 is 2.21 bits per heavy atom. The van der Waals surface area contributed by atoms with Crippen molar-refractivity contribution >= 4 is 11.3 Å². The van der Waals surface area contributed by atoms with Crippen LogP contribution in [0.1, 0.15) is 41.2 Å². The Labute approximate surface area is 89.5 Å². The Morgan fingerprint density at radius 1 is 1.36 bits per heavy atom. The normalized spacial score (nSPS) is 26.2. The zero-order valence-electron chi connectivity index (χ0n) is 8.68. The van der Waals surface area contributed by atoms with Gasteiger partial charge in [-0.15, -0.1) is 11.3 Å². The van der Waals surface area contributed by atoms with Crippen LogP contribution in [-0.4, -0.2) is 13.1 Å². The van der Waals surface area contributed by atoms with Gasteiger partial charge in [0.25, 0.3) is 0 Å². The number of hydrogen-bond donors (Lipinski definition) is 1. The molecule has 1 aromatic rings. The molecule has 0 aliphatic heterocycles. The summed E-state index contributed by atoms with van der Waals surface area (Å²) in [5, 5.41) is 5.86. The second-order valence-electron chi connectivity index (χ2n) is 4.60. The average Bonchev–Trinajstić information content (AvgIpc) is 2.98. The lowest BCUT2D eigenvalue weighted by Gasteiger charge is -2.22. The van der Waals surface area contributed by atoms with Gasteiger partial charge in [-0.3, -0.25) is 0 Å². The fourth-order valence-electron chi connectivity index (χ4n) is 2.52. The number of nitrogens with one attached hydrogen (secondary N) is 1. The van der Waals surface area contributed by atoms with E-state index in [9.17, 15) is 0 Å². The highest BCUT2D eigenvalue weighted by molar-refractivity contribution is 7.10. The molecule has 0 amide bonds. The Bertz CT molecular complexity index is 338. The van der Waals surface area contributed by atoms with Crippen LogP contribution in [0.2, 0.25) is 0 Å². The van der Waals surface area contributed by atoms with Crippen molar-refractivity contribution in [3.8, 4) is 0 Å². The van der Waals surface area contributed by atoms with Crippen molar-refractivity contribution in [3.63, 3.8) is 0 Å². The van der Waals surface area contributed by atoms with Gasteiger partial charge in [-0.1, -0.05) is 0 Å². The third-order valence-electron chi connectivity index (χ3n) is 3.61. The van der Waals surface area contributed by atoms with Crippen LogP contribution >= 0.6 is 11.3 Å². The van der Waals surface area contributed by atoms with E-state index in [1.807, 2.05) is 11.3 Å². The van der Waals surface area contributed by atoms with Crippen LogP contribution in [0.5, 0.6) is 0 Å². The van der Waals surface area contributed by atoms with Crippen molar-refractivity contribution in [1.82, 2.24) is 5.32 Å². The van der Waals surface area contributed by atoms with E-state index in [1.54, 1.807) is 16.0 Å². The van der Waals surface area contributed by atoms with Gasteiger partial charge in [-0.2, -0.15) is 0 Å². The molecule has 2 heteroatoms. The van der Waals surface area contributed by atoms with Gasteiger partial charge in [-0.25, -0.2) is 0 Å². The molecule has 0 saturated heterocycles. The van der Waals surface area contributed by atoms with Crippen LogP contribution in [0.3, 0.4) is 0 Å². The number of aryl methyl sites for hydroxylation is 1. The van der Waals surface area contributed by atoms with Gasteiger partial charge in [0.05, 0.1) is 0 Å². The van der Waals surface area contributed by atoms with Gasteiger partial charge < -0.3 is 5.32 Å². The molecule has 1 atom stereocenters. The summed E-state index contributed by atoms with van der Waals surface area (Å²) >= 11 is 2.01. The highest BCUT2D eigenvalue weighted by Crippen LogP contribution is 2.45. The zero-order chi connectivity index (χ0) is 9.54. The molecule has 2 aliphatic carbocycles. The molecule has 1 nitrogen and oxygen atoms in total. The van der Waals surface area contributed by atoms with Crippen molar-refractivity contribution in [2.75, 3.05) is 7.05 Å². The first-order valence-corrected chi connectivity index (χ1v) is 6.53. The SMILES string of the molecule is CNC1CCc2scc(C3CC3)c2C1. The molecule has 1 N–H and O–H groups in total. The van der Waals surface area contributed by atoms with Crippen molar-refractivity contribution in [1.29, 1.82) is 0 Å². The van der Waals surface area contributed by atoms with Gasteiger partial charge in [0.15, 0.2) is 0 Å². The third-order valence-corrected chi connectivity index (χ3v) is 4.72. The molecule has 2 aliphatic rings. The summed E-state index contributed by atoms with van der Waals surface area (Å²) in [4.78, 5) is 1.68. The first-order chi connectivity index (χ1) is 6.88. The van der Waals surface area contributed by atoms with Gasteiger partial charge in [0.1, 0.15) is 0 Å². The zero-order valence-corrected chi connectivity index (χ0v) is 9.49. The van der Waals surface area contributed by atoms with Crippen LogP contribution in [0.15, 0.2) is 5.38 Å². The monoisotopic (exact) mass is 207 g/mol. The van der Waals surface area contributed by atoms with Gasteiger partial charge in [0.2, 0.25) is 0 Å². The Balaban J connectivity index is 1.91. The molecule has 3 rings (SSSR count). The standard InChI is InChI=1S/C12H17NS/c1-13-9-4-5-12-10(6-9)11(7-14-12)8-2-3-8/h7-9,13H,2-6H2,1H3. The molecule has 1 fully saturated rings. The second-order valence-corrected chi connectivity index (χ2v) is 5.56. The lowest BCUT2D eigenvalue weighted by Crippen LogP contribution is -2.31. The Kier molecular flexibility index (Phi) is 2.14. The number of likely N-dealkylation sites (N-methyl/N-ethyl adjacent to an activating group) is 1. The predicted molar refractivity (Wildman–Crippen MR) is 61.2 cm³/mol. The van der Waals surface area contributed by atoms with Crippen LogP contribution in [0.25, 0.3) is 0 Å². The average molecular weight is 207 g/mol. The summed E-state index contributed by atoms with van der Waals surface area (Å²) in [6.45, 7) is 0. The first-order valence-electron chi connectivity index (χ1n) is 5.65. The first kappa shape index (κ1) is 8.93. The molecule has 0 aromatic carbocycles. The highest BCUT2D eigenvalue weighted by atomic mass is 32.1. The molecule has 1 unspecified atom stereocenters. The fraction of sp³-hybridized carbons (Fsp3) is 0.667. The van der Waals surface area contributed by atoms with Crippen molar-refractivity contribution in [2.24, 2.45) is 0 Å². The number of hydrogen-bond acceptors (Lipinski definition) is 2. The summed E-state index contributed by atoms with van der Waals surface area (Å²) in [7, 11) is 2.10. The summed E-state index contributed by atoms with van der Waals surface area (Å²) in [6.07, 6.45) is 6.79. The van der Waals surface area contributed by atoms with Crippen molar-refractivity contribution in [3.05, 3.63) is 21.4 Å². The minimum absolute atomic E-state index is 0.731. The van der Waals surface area contributed by atoms with E-state index in [1.165, 1.54) is 32.1 Å². The molecule has 76 valence electrons. The maximum Gasteiger partial charge on any atom is 0.0108 e. The minimum atomic E-state index is 0.731. The third kappa shape index (κ3) is 1.41. The number of thiophene rings is 1. The molecule has 0 bridgehead atoms. The number of fused-ring (bicyclic) bond motifs is 1. The summed E-state index contributed by atoms with van der Waals surface area (Å²) in [5.74, 6) is 0.936. The summed E-state index contributed by atoms with van der Waals surface area (Å²) in [6, 6.07) is 0.731.